The van der Waals surface area contributed by atoms with Crippen molar-refractivity contribution in [2.24, 2.45) is 0 Å². The second kappa shape index (κ2) is 1.30. The molecule has 0 aliphatic carbocycles. The number of rotatable bonds is 1. The third-order valence-corrected chi connectivity index (χ3v) is 2.31. The van der Waals surface area contributed by atoms with Gasteiger partial charge in [0, 0.05) is 10.5 Å². The van der Waals surface area contributed by atoms with Crippen LogP contribution in [0.3, 0.4) is 0 Å². The normalized spacial score (nSPS) is 42.2. The van der Waals surface area contributed by atoms with Crippen LogP contribution in [0.4, 0.5) is 0 Å². The number of hydrogen-bond acceptors (Lipinski definition) is 1. The predicted molar refractivity (Wildman–Crippen MR) is 31.0 cm³/mol. The van der Waals surface area contributed by atoms with Gasteiger partial charge in [0.1, 0.15) is 0 Å². The second-order valence-electron chi connectivity index (χ2n) is 1.54. The highest BCUT2D eigenvalue weighted by Gasteiger charge is 2.29. The van der Waals surface area contributed by atoms with E-state index in [4.69, 9.17) is 0 Å². The van der Waals surface area contributed by atoms with Gasteiger partial charge in [0.25, 0.3) is 0 Å². The van der Waals surface area contributed by atoms with E-state index in [1.165, 1.54) is 0 Å². The minimum Gasteiger partial charge on any atom is -0.149 e. The first-order valence-electron chi connectivity index (χ1n) is 2.12. The zero-order valence-electron chi connectivity index (χ0n) is 3.85. The molecule has 0 bridgehead atoms. The molecule has 0 N–H and O–H groups in total. The lowest BCUT2D eigenvalue weighted by Gasteiger charge is -1.68. The van der Waals surface area contributed by atoms with E-state index in [1.54, 1.807) is 0 Å². The number of thioether (sulfide) groups is 1. The fourth-order valence-electron chi connectivity index (χ4n) is 0.450. The summed E-state index contributed by atoms with van der Waals surface area (Å²) in [4.78, 5) is 0. The first-order chi connectivity index (χ1) is 2.84. The Hall–Kier alpha value is 0.0900. The fourth-order valence-corrected chi connectivity index (χ4v) is 1.08. The summed E-state index contributed by atoms with van der Waals surface area (Å²) in [6.45, 7) is 5.87. The van der Waals surface area contributed by atoms with Crippen LogP contribution < -0.4 is 0 Å². The van der Waals surface area contributed by atoms with Crippen LogP contribution in [-0.4, -0.2) is 10.5 Å². The van der Waals surface area contributed by atoms with Gasteiger partial charge in [-0.2, -0.15) is 0 Å². The molecule has 1 saturated heterocycles. The van der Waals surface area contributed by atoms with Gasteiger partial charge in [0.05, 0.1) is 0 Å². The van der Waals surface area contributed by atoms with Gasteiger partial charge < -0.3 is 0 Å². The SMILES string of the molecule is C=C[C@H]1S[C@@H]1C. The molecule has 0 amide bonds. The summed E-state index contributed by atoms with van der Waals surface area (Å²) in [6, 6.07) is 0. The maximum Gasteiger partial charge on any atom is 0.0344 e. The van der Waals surface area contributed by atoms with E-state index in [9.17, 15) is 0 Å². The van der Waals surface area contributed by atoms with Crippen LogP contribution in [0.15, 0.2) is 12.7 Å². The largest absolute Gasteiger partial charge is 0.149 e. The summed E-state index contributed by atoms with van der Waals surface area (Å²) in [7, 11) is 0. The van der Waals surface area contributed by atoms with Crippen molar-refractivity contribution in [3.05, 3.63) is 12.7 Å². The van der Waals surface area contributed by atoms with Crippen molar-refractivity contribution in [2.75, 3.05) is 0 Å². The molecule has 1 aliphatic rings. The lowest BCUT2D eigenvalue weighted by molar-refractivity contribution is 1.13. The second-order valence-corrected chi connectivity index (χ2v) is 3.10. The van der Waals surface area contributed by atoms with E-state index < -0.39 is 0 Å². The zero-order chi connectivity index (χ0) is 4.57. The monoisotopic (exact) mass is 100 g/mol. The molecule has 34 valence electrons. The summed E-state index contributed by atoms with van der Waals surface area (Å²) in [6.07, 6.45) is 2.01. The van der Waals surface area contributed by atoms with Crippen LogP contribution in [0.5, 0.6) is 0 Å². The smallest absolute Gasteiger partial charge is 0.0344 e. The molecule has 0 radical (unpaired) electrons. The van der Waals surface area contributed by atoms with Crippen molar-refractivity contribution < 1.29 is 0 Å². The summed E-state index contributed by atoms with van der Waals surface area (Å²) >= 11 is 1.97. The van der Waals surface area contributed by atoms with E-state index in [2.05, 4.69) is 13.5 Å². The topological polar surface area (TPSA) is 0 Å². The molecule has 1 aliphatic heterocycles. The molecule has 0 aromatic carbocycles. The summed E-state index contributed by atoms with van der Waals surface area (Å²) < 4.78 is 0. The Morgan fingerprint density at radius 1 is 1.83 bits per heavy atom. The van der Waals surface area contributed by atoms with Crippen molar-refractivity contribution in [2.45, 2.75) is 17.4 Å². The standard InChI is InChI=1S/C5H8S/c1-3-5-4(2)6-5/h3-5H,1H2,2H3/t4-,5-/m1/s1. The Balaban J connectivity index is 2.25. The Morgan fingerprint density at radius 3 is 2.33 bits per heavy atom. The van der Waals surface area contributed by atoms with E-state index in [-0.39, 0.29) is 0 Å². The average Bonchev–Trinajstić information content (AvgIpc) is 2.19. The minimum absolute atomic E-state index is 0.782. The van der Waals surface area contributed by atoms with E-state index >= 15 is 0 Å². The van der Waals surface area contributed by atoms with Crippen LogP contribution in [0.25, 0.3) is 0 Å². The van der Waals surface area contributed by atoms with Gasteiger partial charge in [-0.1, -0.05) is 13.0 Å². The van der Waals surface area contributed by atoms with E-state index in [0.29, 0.717) is 0 Å². The Morgan fingerprint density at radius 2 is 2.33 bits per heavy atom. The molecule has 0 spiro atoms. The quantitative estimate of drug-likeness (QED) is 0.357. The average molecular weight is 100 g/mol. The fraction of sp³-hybridized carbons (Fsp3) is 0.600. The highest BCUT2D eigenvalue weighted by molar-refractivity contribution is 8.07. The molecule has 1 rings (SSSR count). The third-order valence-electron chi connectivity index (χ3n) is 0.990. The maximum atomic E-state index is 3.65. The zero-order valence-corrected chi connectivity index (χ0v) is 4.66. The van der Waals surface area contributed by atoms with E-state index in [0.717, 1.165) is 10.5 Å². The van der Waals surface area contributed by atoms with Crippen molar-refractivity contribution in [3.8, 4) is 0 Å². The minimum atomic E-state index is 0.782. The van der Waals surface area contributed by atoms with Gasteiger partial charge >= 0.3 is 0 Å². The Bertz CT molecular complexity index is 68.3. The molecule has 1 heteroatoms. The highest BCUT2D eigenvalue weighted by Crippen LogP contribution is 2.40. The Labute approximate surface area is 42.6 Å². The van der Waals surface area contributed by atoms with Crippen LogP contribution in [0.2, 0.25) is 0 Å². The molecule has 0 unspecified atom stereocenters. The van der Waals surface area contributed by atoms with E-state index in [1.807, 2.05) is 17.8 Å². The first kappa shape index (κ1) is 4.25. The molecule has 0 nitrogen and oxygen atoms in total. The van der Waals surface area contributed by atoms with Gasteiger partial charge in [-0.3, -0.25) is 0 Å². The molecule has 0 saturated carbocycles. The molecular weight excluding hydrogens is 92.1 g/mol. The van der Waals surface area contributed by atoms with Crippen molar-refractivity contribution >= 4 is 11.8 Å². The Kier molecular flexibility index (Phi) is 0.922. The summed E-state index contributed by atoms with van der Waals surface area (Å²) in [5.41, 5.74) is 0. The molecule has 6 heavy (non-hydrogen) atoms. The van der Waals surface area contributed by atoms with Crippen molar-refractivity contribution in [3.63, 3.8) is 0 Å². The van der Waals surface area contributed by atoms with Gasteiger partial charge in [-0.25, -0.2) is 0 Å². The first-order valence-corrected chi connectivity index (χ1v) is 3.07. The molecule has 2 atom stereocenters. The van der Waals surface area contributed by atoms with Crippen LogP contribution >= 0.6 is 11.8 Å². The van der Waals surface area contributed by atoms with Crippen LogP contribution in [0.1, 0.15) is 6.92 Å². The van der Waals surface area contributed by atoms with Crippen molar-refractivity contribution in [1.82, 2.24) is 0 Å². The molecular formula is C5H8S. The molecule has 0 aromatic heterocycles. The van der Waals surface area contributed by atoms with Gasteiger partial charge in [-0.05, 0) is 0 Å². The third kappa shape index (κ3) is 0.597. The molecule has 1 fully saturated rings. The lowest BCUT2D eigenvalue weighted by Crippen LogP contribution is -1.77. The predicted octanol–water partition coefficient (Wildman–Crippen LogP) is 1.68. The van der Waals surface area contributed by atoms with Gasteiger partial charge in [0.2, 0.25) is 0 Å². The van der Waals surface area contributed by atoms with Gasteiger partial charge in [0.15, 0.2) is 0 Å². The molecule has 1 heterocycles. The van der Waals surface area contributed by atoms with Gasteiger partial charge in [-0.15, -0.1) is 18.3 Å². The van der Waals surface area contributed by atoms with Crippen LogP contribution in [-0.2, 0) is 0 Å². The number of hydrogen-bond donors (Lipinski definition) is 0. The summed E-state index contributed by atoms with van der Waals surface area (Å²) in [5, 5.41) is 1.65. The lowest BCUT2D eigenvalue weighted by atomic mass is 10.3. The molecule has 0 aromatic rings. The maximum absolute atomic E-state index is 3.65. The summed E-state index contributed by atoms with van der Waals surface area (Å²) in [5.74, 6) is 0. The van der Waals surface area contributed by atoms with Crippen molar-refractivity contribution in [1.29, 1.82) is 0 Å². The highest BCUT2D eigenvalue weighted by atomic mass is 32.2. The van der Waals surface area contributed by atoms with Crippen LogP contribution in [0, 0.1) is 0 Å².